The Kier molecular flexibility index (Phi) is 7.53. The average Bonchev–Trinajstić information content (AvgIpc) is 3.27. The Hall–Kier alpha value is -4.32. The SMILES string of the molecule is Cc1cc(Nc2cc(C3CCC3)n[nH]2)nc(Nc2ccc(NC(=O)Nc3ccc(Cl)c(C(F)(F)F)c3)cc2C)n1. The molecule has 2 amide bonds. The highest BCUT2D eigenvalue weighted by atomic mass is 35.5. The van der Waals surface area contributed by atoms with E-state index in [9.17, 15) is 18.0 Å². The number of hydrogen-bond donors (Lipinski definition) is 5. The van der Waals surface area contributed by atoms with Crippen LogP contribution in [0.3, 0.4) is 0 Å². The van der Waals surface area contributed by atoms with Crippen molar-refractivity contribution in [3.8, 4) is 0 Å². The molecule has 1 fully saturated rings. The van der Waals surface area contributed by atoms with Crippen molar-refractivity contribution < 1.29 is 18.0 Å². The maximum Gasteiger partial charge on any atom is 0.417 e. The quantitative estimate of drug-likeness (QED) is 0.154. The molecule has 0 aliphatic heterocycles. The Bertz CT molecular complexity index is 1550. The summed E-state index contributed by atoms with van der Waals surface area (Å²) in [5.74, 6) is 2.25. The van der Waals surface area contributed by atoms with Crippen LogP contribution in [-0.2, 0) is 6.18 Å². The number of carbonyl (C=O) groups excluding carboxylic acids is 1. The Balaban J connectivity index is 1.23. The number of aromatic nitrogens is 4. The number of amides is 2. The van der Waals surface area contributed by atoms with Gasteiger partial charge in [-0.1, -0.05) is 18.0 Å². The van der Waals surface area contributed by atoms with Gasteiger partial charge in [0.1, 0.15) is 11.6 Å². The van der Waals surface area contributed by atoms with E-state index in [0.717, 1.165) is 47.7 Å². The highest BCUT2D eigenvalue weighted by Crippen LogP contribution is 2.37. The topological polar surface area (TPSA) is 120 Å². The second-order valence-corrected chi connectivity index (χ2v) is 10.0. The summed E-state index contributed by atoms with van der Waals surface area (Å²) in [4.78, 5) is 21.4. The number of aryl methyl sites for hydroxylation is 2. The number of carbonyl (C=O) groups is 1. The van der Waals surface area contributed by atoms with E-state index in [1.54, 1.807) is 18.2 Å². The van der Waals surface area contributed by atoms with E-state index < -0.39 is 22.8 Å². The molecule has 2 heterocycles. The molecule has 0 bridgehead atoms. The molecule has 40 heavy (non-hydrogen) atoms. The average molecular weight is 571 g/mol. The zero-order valence-electron chi connectivity index (χ0n) is 21.6. The molecular formula is C27H26ClF3N8O. The van der Waals surface area contributed by atoms with Crippen LogP contribution >= 0.6 is 11.6 Å². The van der Waals surface area contributed by atoms with Gasteiger partial charge in [0.25, 0.3) is 0 Å². The molecule has 2 aromatic carbocycles. The van der Waals surface area contributed by atoms with Crippen molar-refractivity contribution in [2.24, 2.45) is 0 Å². The third-order valence-electron chi connectivity index (χ3n) is 6.50. The number of H-pyrrole nitrogens is 1. The minimum atomic E-state index is -4.64. The Morgan fingerprint density at radius 1 is 0.975 bits per heavy atom. The summed E-state index contributed by atoms with van der Waals surface area (Å²) in [6.45, 7) is 3.70. The monoisotopic (exact) mass is 570 g/mol. The predicted molar refractivity (Wildman–Crippen MR) is 149 cm³/mol. The number of nitrogens with one attached hydrogen (secondary N) is 5. The molecule has 0 spiro atoms. The summed E-state index contributed by atoms with van der Waals surface area (Å²) >= 11 is 5.64. The lowest BCUT2D eigenvalue weighted by molar-refractivity contribution is -0.137. The van der Waals surface area contributed by atoms with Gasteiger partial charge in [-0.25, -0.2) is 9.78 Å². The van der Waals surface area contributed by atoms with Gasteiger partial charge in [0, 0.05) is 40.8 Å². The van der Waals surface area contributed by atoms with Gasteiger partial charge in [0.15, 0.2) is 0 Å². The molecule has 9 nitrogen and oxygen atoms in total. The molecule has 2 aromatic heterocycles. The lowest BCUT2D eigenvalue weighted by atomic mass is 9.83. The smallest absolute Gasteiger partial charge is 0.325 e. The minimum Gasteiger partial charge on any atom is -0.325 e. The Morgan fingerprint density at radius 2 is 1.70 bits per heavy atom. The minimum absolute atomic E-state index is 0.0420. The third-order valence-corrected chi connectivity index (χ3v) is 6.83. The van der Waals surface area contributed by atoms with Crippen molar-refractivity contribution in [2.45, 2.75) is 45.2 Å². The molecule has 0 unspecified atom stereocenters. The van der Waals surface area contributed by atoms with E-state index in [4.69, 9.17) is 11.6 Å². The second-order valence-electron chi connectivity index (χ2n) is 9.60. The van der Waals surface area contributed by atoms with Crippen LogP contribution in [0, 0.1) is 13.8 Å². The van der Waals surface area contributed by atoms with E-state index in [2.05, 4.69) is 41.4 Å². The van der Waals surface area contributed by atoms with E-state index in [1.165, 1.54) is 12.5 Å². The summed E-state index contributed by atoms with van der Waals surface area (Å²) in [7, 11) is 0. The zero-order valence-corrected chi connectivity index (χ0v) is 22.3. The van der Waals surface area contributed by atoms with Crippen molar-refractivity contribution in [3.05, 3.63) is 76.1 Å². The lowest BCUT2D eigenvalue weighted by Crippen LogP contribution is -2.20. The van der Waals surface area contributed by atoms with Crippen molar-refractivity contribution in [1.29, 1.82) is 0 Å². The number of nitrogens with zero attached hydrogens (tertiary/aromatic N) is 3. The fourth-order valence-electron chi connectivity index (χ4n) is 4.26. The van der Waals surface area contributed by atoms with Crippen LogP contribution < -0.4 is 21.3 Å². The van der Waals surface area contributed by atoms with Crippen LogP contribution in [0.15, 0.2) is 48.5 Å². The molecule has 1 aliphatic rings. The summed E-state index contributed by atoms with van der Waals surface area (Å²) in [6.07, 6.45) is -1.08. The summed E-state index contributed by atoms with van der Waals surface area (Å²) in [5.41, 5.74) is 2.67. The first-order chi connectivity index (χ1) is 19.0. The largest absolute Gasteiger partial charge is 0.417 e. The summed E-state index contributed by atoms with van der Waals surface area (Å²) in [5, 5.41) is 18.4. The van der Waals surface area contributed by atoms with Gasteiger partial charge in [-0.15, -0.1) is 0 Å². The molecule has 1 saturated carbocycles. The molecule has 5 rings (SSSR count). The van der Waals surface area contributed by atoms with Crippen LogP contribution in [0.2, 0.25) is 5.02 Å². The van der Waals surface area contributed by atoms with Gasteiger partial charge in [-0.05, 0) is 68.7 Å². The van der Waals surface area contributed by atoms with Gasteiger partial charge in [0.2, 0.25) is 5.95 Å². The number of rotatable bonds is 7. The third kappa shape index (κ3) is 6.45. The standard InChI is InChI=1S/C27H26ClF3N8O/c1-14-10-17(33-26(40)34-18-6-8-20(28)19(12-18)27(29,30)31)7-9-21(14)35-25-32-15(2)11-23(37-25)36-24-13-22(38-39-24)16-4-3-5-16/h6-13,16H,3-5H2,1-2H3,(H2,33,34,40)(H3,32,35,36,37,38,39). The van der Waals surface area contributed by atoms with Crippen molar-refractivity contribution in [3.63, 3.8) is 0 Å². The highest BCUT2D eigenvalue weighted by molar-refractivity contribution is 6.31. The Labute approximate surface area is 233 Å². The van der Waals surface area contributed by atoms with Gasteiger partial charge >= 0.3 is 12.2 Å². The van der Waals surface area contributed by atoms with Crippen molar-refractivity contribution in [2.75, 3.05) is 21.3 Å². The van der Waals surface area contributed by atoms with Gasteiger partial charge < -0.3 is 21.3 Å². The number of anilines is 6. The number of hydrogen-bond acceptors (Lipinski definition) is 6. The summed E-state index contributed by atoms with van der Waals surface area (Å²) < 4.78 is 39.3. The number of halogens is 4. The maximum atomic E-state index is 13.1. The van der Waals surface area contributed by atoms with E-state index in [-0.39, 0.29) is 5.69 Å². The van der Waals surface area contributed by atoms with E-state index in [0.29, 0.717) is 29.1 Å². The van der Waals surface area contributed by atoms with E-state index in [1.807, 2.05) is 26.0 Å². The maximum absolute atomic E-state index is 13.1. The number of urea groups is 1. The van der Waals surface area contributed by atoms with Crippen LogP contribution in [0.25, 0.3) is 0 Å². The van der Waals surface area contributed by atoms with Crippen LogP contribution in [0.1, 0.15) is 47.7 Å². The molecule has 13 heteroatoms. The highest BCUT2D eigenvalue weighted by Gasteiger charge is 2.33. The molecule has 4 aromatic rings. The van der Waals surface area contributed by atoms with Gasteiger partial charge in [-0.3, -0.25) is 5.10 Å². The normalized spacial score (nSPS) is 13.4. The van der Waals surface area contributed by atoms with Gasteiger partial charge in [0.05, 0.1) is 16.3 Å². The fraction of sp³-hybridized carbons (Fsp3) is 0.259. The number of benzene rings is 2. The van der Waals surface area contributed by atoms with Crippen molar-refractivity contribution >= 4 is 52.3 Å². The van der Waals surface area contributed by atoms with Crippen LogP contribution in [-0.4, -0.2) is 26.2 Å². The predicted octanol–water partition coefficient (Wildman–Crippen LogP) is 7.89. The zero-order chi connectivity index (χ0) is 28.4. The second kappa shape index (κ2) is 11.0. The molecule has 208 valence electrons. The lowest BCUT2D eigenvalue weighted by Gasteiger charge is -2.22. The fourth-order valence-corrected chi connectivity index (χ4v) is 4.48. The first-order valence-corrected chi connectivity index (χ1v) is 12.9. The van der Waals surface area contributed by atoms with Crippen LogP contribution in [0.4, 0.5) is 52.6 Å². The van der Waals surface area contributed by atoms with E-state index >= 15 is 0 Å². The number of aromatic amines is 1. The molecule has 0 radical (unpaired) electrons. The Morgan fingerprint density at radius 3 is 2.38 bits per heavy atom. The number of alkyl halides is 3. The first kappa shape index (κ1) is 27.3. The molecular weight excluding hydrogens is 545 g/mol. The van der Waals surface area contributed by atoms with Crippen LogP contribution in [0.5, 0.6) is 0 Å². The summed E-state index contributed by atoms with van der Waals surface area (Å²) in [6, 6.07) is 11.4. The molecule has 5 N–H and O–H groups in total. The molecule has 0 atom stereocenters. The molecule has 1 aliphatic carbocycles. The van der Waals surface area contributed by atoms with Crippen molar-refractivity contribution in [1.82, 2.24) is 20.2 Å². The molecule has 0 saturated heterocycles. The van der Waals surface area contributed by atoms with Gasteiger partial charge in [-0.2, -0.15) is 23.3 Å². The first-order valence-electron chi connectivity index (χ1n) is 12.5.